The van der Waals surface area contributed by atoms with E-state index in [2.05, 4.69) is 9.56 Å². The quantitative estimate of drug-likeness (QED) is 0.621. The summed E-state index contributed by atoms with van der Waals surface area (Å²) in [7, 11) is 1.67. The second-order valence-electron chi connectivity index (χ2n) is 5.21. The Hall–Kier alpha value is -3.01. The second kappa shape index (κ2) is 7.51. The molecule has 3 aromatic rings. The van der Waals surface area contributed by atoms with Crippen LogP contribution in [0.25, 0.3) is 5.69 Å². The Bertz CT molecular complexity index is 820. The molecule has 0 saturated heterocycles. The molecule has 0 aliphatic rings. The molecular formula is C20H20N2O2. The predicted molar refractivity (Wildman–Crippen MR) is 97.2 cm³/mol. The summed E-state index contributed by atoms with van der Waals surface area (Å²) in [5, 5.41) is 0. The summed E-state index contributed by atoms with van der Waals surface area (Å²) in [6.45, 7) is 2.59. The van der Waals surface area contributed by atoms with E-state index in [1.54, 1.807) is 7.11 Å². The normalized spacial score (nSPS) is 10.9. The molecular weight excluding hydrogens is 300 g/mol. The molecule has 3 rings (SSSR count). The van der Waals surface area contributed by atoms with Crippen LogP contribution < -0.4 is 9.47 Å². The fourth-order valence-electron chi connectivity index (χ4n) is 2.39. The maximum Gasteiger partial charge on any atom is 0.144 e. The molecule has 4 heteroatoms. The molecule has 0 spiro atoms. The Morgan fingerprint density at radius 2 is 1.83 bits per heavy atom. The molecule has 0 aliphatic heterocycles. The molecule has 122 valence electrons. The van der Waals surface area contributed by atoms with Gasteiger partial charge in [-0.3, -0.25) is 4.99 Å². The van der Waals surface area contributed by atoms with Crippen molar-refractivity contribution in [1.82, 2.24) is 4.57 Å². The minimum atomic E-state index is 0.625. The first kappa shape index (κ1) is 15.9. The van der Waals surface area contributed by atoms with Gasteiger partial charge >= 0.3 is 0 Å². The smallest absolute Gasteiger partial charge is 0.144 e. The van der Waals surface area contributed by atoms with Crippen LogP contribution >= 0.6 is 0 Å². The van der Waals surface area contributed by atoms with Crippen molar-refractivity contribution in [2.24, 2.45) is 4.99 Å². The molecule has 0 aliphatic carbocycles. The molecule has 0 fully saturated rings. The van der Waals surface area contributed by atoms with Gasteiger partial charge in [0.15, 0.2) is 0 Å². The summed E-state index contributed by atoms with van der Waals surface area (Å²) >= 11 is 0. The second-order valence-corrected chi connectivity index (χ2v) is 5.21. The number of aromatic nitrogens is 1. The summed E-state index contributed by atoms with van der Waals surface area (Å²) in [4.78, 5) is 4.55. The average Bonchev–Trinajstić information content (AvgIpc) is 3.10. The van der Waals surface area contributed by atoms with Gasteiger partial charge in [-0.05, 0) is 49.4 Å². The third-order valence-corrected chi connectivity index (χ3v) is 3.60. The Morgan fingerprint density at radius 3 is 2.58 bits per heavy atom. The first-order valence-electron chi connectivity index (χ1n) is 7.88. The van der Waals surface area contributed by atoms with E-state index >= 15 is 0 Å². The van der Waals surface area contributed by atoms with E-state index in [0.29, 0.717) is 6.61 Å². The third-order valence-electron chi connectivity index (χ3n) is 3.60. The maximum atomic E-state index is 5.59. The van der Waals surface area contributed by atoms with Gasteiger partial charge in [0.05, 0.1) is 13.7 Å². The zero-order chi connectivity index (χ0) is 16.8. The molecule has 0 atom stereocenters. The van der Waals surface area contributed by atoms with Crippen molar-refractivity contribution in [1.29, 1.82) is 0 Å². The van der Waals surface area contributed by atoms with E-state index in [1.165, 1.54) is 0 Å². The largest absolute Gasteiger partial charge is 0.497 e. The minimum absolute atomic E-state index is 0.625. The number of hydrogen-bond acceptors (Lipinski definition) is 3. The van der Waals surface area contributed by atoms with Gasteiger partial charge in [0.25, 0.3) is 0 Å². The molecule has 24 heavy (non-hydrogen) atoms. The van der Waals surface area contributed by atoms with Gasteiger partial charge in [-0.2, -0.15) is 0 Å². The first-order valence-corrected chi connectivity index (χ1v) is 7.88. The highest BCUT2D eigenvalue weighted by molar-refractivity contribution is 5.82. The topological polar surface area (TPSA) is 35.8 Å². The molecule has 0 radical (unpaired) electrons. The van der Waals surface area contributed by atoms with Crippen molar-refractivity contribution in [3.05, 3.63) is 72.6 Å². The summed E-state index contributed by atoms with van der Waals surface area (Å²) in [6, 6.07) is 17.7. The van der Waals surface area contributed by atoms with E-state index in [4.69, 9.17) is 9.47 Å². The Labute approximate surface area is 142 Å². The number of ether oxygens (including phenoxy) is 2. The van der Waals surface area contributed by atoms with Crippen LogP contribution in [0.15, 0.2) is 72.0 Å². The van der Waals surface area contributed by atoms with Crippen molar-refractivity contribution >= 4 is 11.9 Å². The number of hydrogen-bond donors (Lipinski definition) is 0. The van der Waals surface area contributed by atoms with Gasteiger partial charge in [0.2, 0.25) is 0 Å². The zero-order valence-corrected chi connectivity index (χ0v) is 13.8. The highest BCUT2D eigenvalue weighted by Gasteiger charge is 2.01. The van der Waals surface area contributed by atoms with Crippen LogP contribution in [0.2, 0.25) is 0 Å². The molecule has 0 saturated carbocycles. The molecule has 0 amide bonds. The lowest BCUT2D eigenvalue weighted by Crippen LogP contribution is -1.91. The number of nitrogens with zero attached hydrogens (tertiary/aromatic N) is 2. The molecule has 0 unspecified atom stereocenters. The maximum absolute atomic E-state index is 5.59. The highest BCUT2D eigenvalue weighted by Crippen LogP contribution is 2.26. The summed E-state index contributed by atoms with van der Waals surface area (Å²) in [5.74, 6) is 1.64. The van der Waals surface area contributed by atoms with Gasteiger partial charge in [-0.15, -0.1) is 0 Å². The fraction of sp³-hybridized carbons (Fsp3) is 0.150. The molecule has 1 heterocycles. The lowest BCUT2D eigenvalue weighted by molar-refractivity contribution is 0.341. The van der Waals surface area contributed by atoms with Gasteiger partial charge in [0, 0.05) is 29.9 Å². The van der Waals surface area contributed by atoms with Crippen LogP contribution in [0.3, 0.4) is 0 Å². The number of para-hydroxylation sites is 2. The molecule has 4 nitrogen and oxygen atoms in total. The predicted octanol–water partition coefficient (Wildman–Crippen LogP) is 4.64. The van der Waals surface area contributed by atoms with Crippen molar-refractivity contribution in [3.63, 3.8) is 0 Å². The van der Waals surface area contributed by atoms with E-state index in [9.17, 15) is 0 Å². The number of methoxy groups -OCH3 is 1. The lowest BCUT2D eigenvalue weighted by Gasteiger charge is -2.05. The van der Waals surface area contributed by atoms with Gasteiger partial charge in [0.1, 0.15) is 17.2 Å². The van der Waals surface area contributed by atoms with Crippen LogP contribution in [-0.2, 0) is 0 Å². The van der Waals surface area contributed by atoms with Crippen LogP contribution in [-0.4, -0.2) is 24.5 Å². The van der Waals surface area contributed by atoms with Crippen LogP contribution in [0.1, 0.15) is 12.5 Å². The zero-order valence-electron chi connectivity index (χ0n) is 13.8. The monoisotopic (exact) mass is 320 g/mol. The van der Waals surface area contributed by atoms with Crippen molar-refractivity contribution < 1.29 is 9.47 Å². The third kappa shape index (κ3) is 3.66. The summed E-state index contributed by atoms with van der Waals surface area (Å²) < 4.78 is 12.8. The first-order chi connectivity index (χ1) is 11.8. The Balaban J connectivity index is 1.78. The van der Waals surface area contributed by atoms with Crippen LogP contribution in [0.5, 0.6) is 11.5 Å². The number of benzene rings is 2. The van der Waals surface area contributed by atoms with Crippen LogP contribution in [0.4, 0.5) is 5.69 Å². The average molecular weight is 320 g/mol. The SMILES string of the molecule is CCOc1ccccc1N=Cc1ccn(-c2ccc(OC)cc2)c1. The molecule has 0 bridgehead atoms. The van der Waals surface area contributed by atoms with E-state index in [1.807, 2.05) is 80.1 Å². The van der Waals surface area contributed by atoms with E-state index in [0.717, 1.165) is 28.4 Å². The molecule has 2 aromatic carbocycles. The van der Waals surface area contributed by atoms with E-state index in [-0.39, 0.29) is 0 Å². The highest BCUT2D eigenvalue weighted by atomic mass is 16.5. The minimum Gasteiger partial charge on any atom is -0.497 e. The Kier molecular flexibility index (Phi) is 4.96. The number of rotatable bonds is 6. The summed E-state index contributed by atoms with van der Waals surface area (Å²) in [5.41, 5.74) is 2.93. The van der Waals surface area contributed by atoms with Crippen molar-refractivity contribution in [2.75, 3.05) is 13.7 Å². The van der Waals surface area contributed by atoms with Gasteiger partial charge in [-0.1, -0.05) is 12.1 Å². The van der Waals surface area contributed by atoms with Gasteiger partial charge < -0.3 is 14.0 Å². The van der Waals surface area contributed by atoms with Crippen molar-refractivity contribution in [2.45, 2.75) is 6.92 Å². The standard InChI is InChI=1S/C20H20N2O2/c1-3-24-20-7-5-4-6-19(20)21-14-16-12-13-22(15-16)17-8-10-18(23-2)11-9-17/h4-15H,3H2,1-2H3. The summed E-state index contributed by atoms with van der Waals surface area (Å²) in [6.07, 6.45) is 5.89. The Morgan fingerprint density at radius 1 is 1.04 bits per heavy atom. The lowest BCUT2D eigenvalue weighted by atomic mass is 10.3. The molecule has 0 N–H and O–H groups in total. The molecule has 1 aromatic heterocycles. The fourth-order valence-corrected chi connectivity index (χ4v) is 2.39. The van der Waals surface area contributed by atoms with Gasteiger partial charge in [-0.25, -0.2) is 0 Å². The van der Waals surface area contributed by atoms with Crippen molar-refractivity contribution in [3.8, 4) is 17.2 Å². The van der Waals surface area contributed by atoms with E-state index < -0.39 is 0 Å². The van der Waals surface area contributed by atoms with Crippen LogP contribution in [0, 0.1) is 0 Å². The number of aliphatic imine (C=N–C) groups is 1.